The number of nitrogens with zero attached hydrogens (tertiary/aromatic N) is 2. The van der Waals surface area contributed by atoms with Crippen LogP contribution in [-0.2, 0) is 0 Å². The van der Waals surface area contributed by atoms with Crippen LogP contribution in [0.5, 0.6) is 11.5 Å². The van der Waals surface area contributed by atoms with Gasteiger partial charge >= 0.3 is 6.03 Å². The van der Waals surface area contributed by atoms with Gasteiger partial charge in [-0.1, -0.05) is 6.07 Å². The second kappa shape index (κ2) is 6.66. The zero-order valence-electron chi connectivity index (χ0n) is 14.0. The molecule has 126 valence electrons. The van der Waals surface area contributed by atoms with Crippen LogP contribution in [0.1, 0.15) is 24.4 Å². The second-order valence-electron chi connectivity index (χ2n) is 6.28. The summed E-state index contributed by atoms with van der Waals surface area (Å²) >= 11 is 0. The molecular formula is C17H25N3O3. The number of carbonyl (C=O) groups is 1. The smallest absolute Gasteiger partial charge is 0.317 e. The van der Waals surface area contributed by atoms with Gasteiger partial charge in [0.15, 0.2) is 11.5 Å². The van der Waals surface area contributed by atoms with Crippen molar-refractivity contribution in [3.05, 3.63) is 23.8 Å². The molecule has 0 bridgehead atoms. The molecule has 1 aromatic rings. The summed E-state index contributed by atoms with van der Waals surface area (Å²) in [7, 11) is 5.37. The maximum Gasteiger partial charge on any atom is 0.317 e. The van der Waals surface area contributed by atoms with Gasteiger partial charge in [0.05, 0.1) is 20.3 Å². The number of rotatable bonds is 4. The highest BCUT2D eigenvalue weighted by atomic mass is 16.5. The number of hydrogen-bond acceptors (Lipinski definition) is 4. The van der Waals surface area contributed by atoms with Crippen LogP contribution < -0.4 is 14.8 Å². The van der Waals surface area contributed by atoms with Crippen LogP contribution in [0.2, 0.25) is 0 Å². The predicted octanol–water partition coefficient (Wildman–Crippen LogP) is 1.86. The SMILES string of the molecule is COc1ccc(C2CN(C(=O)NC3CC3)CCN2C)cc1OC. The summed E-state index contributed by atoms with van der Waals surface area (Å²) in [5.74, 6) is 1.44. The van der Waals surface area contributed by atoms with Crippen molar-refractivity contribution in [3.63, 3.8) is 0 Å². The van der Waals surface area contributed by atoms with Crippen LogP contribution in [0.15, 0.2) is 18.2 Å². The molecule has 23 heavy (non-hydrogen) atoms. The average molecular weight is 319 g/mol. The standard InChI is InChI=1S/C17H25N3O3/c1-19-8-9-20(17(21)18-13-5-6-13)11-14(19)12-4-7-15(22-2)16(10-12)23-3/h4,7,10,13-14H,5-6,8-9,11H2,1-3H3,(H,18,21). The van der Waals surface area contributed by atoms with Crippen molar-refractivity contribution in [2.24, 2.45) is 0 Å². The van der Waals surface area contributed by atoms with Gasteiger partial charge in [0.1, 0.15) is 0 Å². The molecular weight excluding hydrogens is 294 g/mol. The fraction of sp³-hybridized carbons (Fsp3) is 0.588. The Morgan fingerprint density at radius 2 is 1.91 bits per heavy atom. The quantitative estimate of drug-likeness (QED) is 0.920. The number of benzene rings is 1. The van der Waals surface area contributed by atoms with Gasteiger partial charge in [-0.15, -0.1) is 0 Å². The first kappa shape index (κ1) is 15.9. The minimum Gasteiger partial charge on any atom is -0.493 e. The van der Waals surface area contributed by atoms with Crippen molar-refractivity contribution >= 4 is 6.03 Å². The summed E-state index contributed by atoms with van der Waals surface area (Å²) in [6.45, 7) is 2.31. The Balaban J connectivity index is 1.75. The normalized spacial score (nSPS) is 21.9. The highest BCUT2D eigenvalue weighted by Gasteiger charge is 2.31. The predicted molar refractivity (Wildman–Crippen MR) is 88.0 cm³/mol. The molecule has 0 spiro atoms. The molecule has 1 atom stereocenters. The lowest BCUT2D eigenvalue weighted by Crippen LogP contribution is -2.52. The van der Waals surface area contributed by atoms with Crippen LogP contribution in [0.25, 0.3) is 0 Å². The monoisotopic (exact) mass is 319 g/mol. The van der Waals surface area contributed by atoms with E-state index in [9.17, 15) is 4.79 Å². The number of likely N-dealkylation sites (N-methyl/N-ethyl adjacent to an activating group) is 1. The topological polar surface area (TPSA) is 54.0 Å². The fourth-order valence-electron chi connectivity index (χ4n) is 2.97. The number of piperazine rings is 1. The molecule has 2 fully saturated rings. The first-order chi connectivity index (χ1) is 11.1. The lowest BCUT2D eigenvalue weighted by Gasteiger charge is -2.39. The lowest BCUT2D eigenvalue weighted by atomic mass is 10.0. The highest BCUT2D eigenvalue weighted by Crippen LogP contribution is 2.33. The Morgan fingerprint density at radius 3 is 2.57 bits per heavy atom. The molecule has 1 aliphatic carbocycles. The Bertz CT molecular complexity index is 574. The van der Waals surface area contributed by atoms with E-state index < -0.39 is 0 Å². The summed E-state index contributed by atoms with van der Waals surface area (Å²) in [5.41, 5.74) is 1.13. The minimum absolute atomic E-state index is 0.0612. The van der Waals surface area contributed by atoms with Crippen LogP contribution >= 0.6 is 0 Å². The maximum absolute atomic E-state index is 12.3. The van der Waals surface area contributed by atoms with E-state index >= 15 is 0 Å². The van der Waals surface area contributed by atoms with Gasteiger partial charge in [-0.25, -0.2) is 4.79 Å². The molecule has 1 N–H and O–H groups in total. The summed E-state index contributed by atoms with van der Waals surface area (Å²) in [6.07, 6.45) is 2.22. The van der Waals surface area contributed by atoms with E-state index in [1.54, 1.807) is 14.2 Å². The molecule has 3 rings (SSSR count). The van der Waals surface area contributed by atoms with Crippen molar-refractivity contribution < 1.29 is 14.3 Å². The number of urea groups is 1. The summed E-state index contributed by atoms with van der Waals surface area (Å²) in [4.78, 5) is 16.5. The highest BCUT2D eigenvalue weighted by molar-refractivity contribution is 5.75. The van der Waals surface area contributed by atoms with Crippen molar-refractivity contribution in [1.29, 1.82) is 0 Å². The Kier molecular flexibility index (Phi) is 4.61. The molecule has 2 aliphatic rings. The number of ether oxygens (including phenoxy) is 2. The molecule has 1 aliphatic heterocycles. The Morgan fingerprint density at radius 1 is 1.17 bits per heavy atom. The fourth-order valence-corrected chi connectivity index (χ4v) is 2.97. The maximum atomic E-state index is 12.3. The summed E-state index contributed by atoms with van der Waals surface area (Å²) < 4.78 is 10.7. The van der Waals surface area contributed by atoms with Crippen molar-refractivity contribution in [2.75, 3.05) is 40.9 Å². The molecule has 6 nitrogen and oxygen atoms in total. The molecule has 2 amide bonds. The van der Waals surface area contributed by atoms with Gasteiger partial charge in [0.2, 0.25) is 0 Å². The van der Waals surface area contributed by atoms with Crippen molar-refractivity contribution in [3.8, 4) is 11.5 Å². The van der Waals surface area contributed by atoms with Crippen LogP contribution in [0.3, 0.4) is 0 Å². The summed E-state index contributed by atoms with van der Waals surface area (Å²) in [6, 6.07) is 6.58. The molecule has 1 saturated carbocycles. The van der Waals surface area contributed by atoms with Crippen LogP contribution in [-0.4, -0.2) is 62.8 Å². The van der Waals surface area contributed by atoms with E-state index in [0.717, 1.165) is 43.0 Å². The lowest BCUT2D eigenvalue weighted by molar-refractivity contribution is 0.109. The molecule has 1 heterocycles. The van der Waals surface area contributed by atoms with Gasteiger partial charge in [-0.2, -0.15) is 0 Å². The largest absolute Gasteiger partial charge is 0.493 e. The number of carbonyl (C=O) groups excluding carboxylic acids is 1. The first-order valence-corrected chi connectivity index (χ1v) is 8.10. The summed E-state index contributed by atoms with van der Waals surface area (Å²) in [5, 5.41) is 3.08. The van der Waals surface area contributed by atoms with E-state index in [4.69, 9.17) is 9.47 Å². The van der Waals surface area contributed by atoms with Gasteiger partial charge in [0.25, 0.3) is 0 Å². The third kappa shape index (κ3) is 3.52. The number of methoxy groups -OCH3 is 2. The number of nitrogens with one attached hydrogen (secondary N) is 1. The average Bonchev–Trinajstić information content (AvgIpc) is 3.38. The minimum atomic E-state index is 0.0612. The molecule has 1 unspecified atom stereocenters. The third-order valence-corrected chi connectivity index (χ3v) is 4.63. The van der Waals surface area contributed by atoms with Crippen molar-refractivity contribution in [1.82, 2.24) is 15.1 Å². The Labute approximate surface area is 137 Å². The Hall–Kier alpha value is -1.95. The van der Waals surface area contributed by atoms with Crippen LogP contribution in [0.4, 0.5) is 4.79 Å². The number of amides is 2. The molecule has 1 saturated heterocycles. The third-order valence-electron chi connectivity index (χ3n) is 4.63. The number of hydrogen-bond donors (Lipinski definition) is 1. The van der Waals surface area contributed by atoms with Gasteiger partial charge in [-0.05, 0) is 37.6 Å². The molecule has 6 heteroatoms. The van der Waals surface area contributed by atoms with E-state index in [2.05, 4.69) is 17.3 Å². The first-order valence-electron chi connectivity index (χ1n) is 8.10. The second-order valence-corrected chi connectivity index (χ2v) is 6.28. The van der Waals surface area contributed by atoms with E-state index in [0.29, 0.717) is 12.6 Å². The van der Waals surface area contributed by atoms with Crippen molar-refractivity contribution in [2.45, 2.75) is 24.9 Å². The molecule has 0 aromatic heterocycles. The van der Waals surface area contributed by atoms with E-state index in [1.807, 2.05) is 23.1 Å². The van der Waals surface area contributed by atoms with E-state index in [1.165, 1.54) is 0 Å². The zero-order valence-corrected chi connectivity index (χ0v) is 14.0. The van der Waals surface area contributed by atoms with Gasteiger partial charge in [-0.3, -0.25) is 4.90 Å². The van der Waals surface area contributed by atoms with Gasteiger partial charge in [0, 0.05) is 25.7 Å². The van der Waals surface area contributed by atoms with E-state index in [-0.39, 0.29) is 12.1 Å². The van der Waals surface area contributed by atoms with Gasteiger partial charge < -0.3 is 19.7 Å². The zero-order chi connectivity index (χ0) is 16.4. The molecule has 1 aromatic carbocycles. The molecule has 0 radical (unpaired) electrons. The van der Waals surface area contributed by atoms with Crippen LogP contribution in [0, 0.1) is 0 Å².